The van der Waals surface area contributed by atoms with E-state index < -0.39 is 0 Å². The van der Waals surface area contributed by atoms with E-state index in [9.17, 15) is 0 Å². The molecule has 0 spiro atoms. The Balaban J connectivity index is 0.000000140. The molecule has 576 valence electrons. The van der Waals surface area contributed by atoms with Crippen molar-refractivity contribution in [1.82, 2.24) is 29.9 Å². The molecular formula is C116H70N6S2. The van der Waals surface area contributed by atoms with E-state index in [0.717, 1.165) is 123 Å². The van der Waals surface area contributed by atoms with Gasteiger partial charge in [0.25, 0.3) is 0 Å². The molecule has 19 aromatic carbocycles. The largest absolute Gasteiger partial charge is 0.246 e. The Hall–Kier alpha value is -15.8. The molecule has 0 bridgehead atoms. The van der Waals surface area contributed by atoms with Crippen LogP contribution in [0.3, 0.4) is 0 Å². The van der Waals surface area contributed by atoms with Crippen LogP contribution < -0.4 is 0 Å². The first-order valence-corrected chi connectivity index (χ1v) is 43.6. The van der Waals surface area contributed by atoms with Gasteiger partial charge in [-0.1, -0.05) is 376 Å². The molecule has 0 unspecified atom stereocenters. The van der Waals surface area contributed by atoms with Gasteiger partial charge in [0.2, 0.25) is 0 Å². The second kappa shape index (κ2) is 30.1. The van der Waals surface area contributed by atoms with Crippen LogP contribution in [0.1, 0.15) is 0 Å². The minimum atomic E-state index is 0.696. The van der Waals surface area contributed by atoms with Crippen molar-refractivity contribution in [1.29, 1.82) is 0 Å². The smallest absolute Gasteiger partial charge is 0.160 e. The average Bonchev–Trinajstić information content (AvgIpc) is 1.38. The van der Waals surface area contributed by atoms with Crippen LogP contribution in [0.25, 0.3) is 250 Å². The van der Waals surface area contributed by atoms with Crippen LogP contribution in [-0.4, -0.2) is 29.9 Å². The molecule has 0 aliphatic heterocycles. The second-order valence-corrected chi connectivity index (χ2v) is 33.9. The Morgan fingerprint density at radius 3 is 0.919 bits per heavy atom. The summed E-state index contributed by atoms with van der Waals surface area (Å²) in [5.41, 5.74) is 22.7. The quantitative estimate of drug-likeness (QED) is 0.120. The first-order valence-electron chi connectivity index (χ1n) is 41.9. The number of fused-ring (bicyclic) bond motifs is 22. The van der Waals surface area contributed by atoms with Gasteiger partial charge in [0.15, 0.2) is 11.6 Å². The van der Waals surface area contributed by atoms with Crippen LogP contribution in [0.5, 0.6) is 0 Å². The number of nitrogens with zero attached hydrogens (tertiary/aromatic N) is 6. The summed E-state index contributed by atoms with van der Waals surface area (Å²) in [5, 5.41) is 22.6. The minimum Gasteiger partial charge on any atom is -0.246 e. The summed E-state index contributed by atoms with van der Waals surface area (Å²) in [7, 11) is 0. The molecule has 0 radical (unpaired) electrons. The molecule has 0 aliphatic carbocycles. The third-order valence-electron chi connectivity index (χ3n) is 24.5. The molecule has 0 saturated heterocycles. The van der Waals surface area contributed by atoms with Crippen LogP contribution in [0, 0.1) is 0 Å². The number of para-hydroxylation sites is 1. The summed E-state index contributed by atoms with van der Waals surface area (Å²) in [6.07, 6.45) is 0. The van der Waals surface area contributed by atoms with Gasteiger partial charge >= 0.3 is 0 Å². The summed E-state index contributed by atoms with van der Waals surface area (Å²) in [4.78, 5) is 31.5. The van der Waals surface area contributed by atoms with Crippen molar-refractivity contribution in [2.24, 2.45) is 0 Å². The minimum absolute atomic E-state index is 0.696. The van der Waals surface area contributed by atoms with Crippen LogP contribution in [-0.2, 0) is 0 Å². The monoisotopic (exact) mass is 1610 g/mol. The van der Waals surface area contributed by atoms with E-state index in [1.54, 1.807) is 0 Å². The van der Waals surface area contributed by atoms with Crippen molar-refractivity contribution in [3.8, 4) is 124 Å². The van der Waals surface area contributed by atoms with Crippen LogP contribution in [0.4, 0.5) is 0 Å². The molecule has 25 rings (SSSR count). The number of rotatable bonds is 11. The Morgan fingerprint density at radius 2 is 0.468 bits per heavy atom. The average molecular weight is 1610 g/mol. The number of aromatic nitrogens is 6. The summed E-state index contributed by atoms with van der Waals surface area (Å²) in [6, 6.07) is 152. The first-order chi connectivity index (χ1) is 61.4. The molecule has 0 atom stereocenters. The second-order valence-electron chi connectivity index (χ2n) is 31.8. The maximum Gasteiger partial charge on any atom is 0.160 e. The molecule has 0 fully saturated rings. The molecule has 6 aromatic heterocycles. The van der Waals surface area contributed by atoms with Crippen LogP contribution >= 0.6 is 22.7 Å². The molecular weight excluding hydrogens is 1540 g/mol. The Kier molecular flexibility index (Phi) is 17.6. The molecule has 0 N–H and O–H groups in total. The van der Waals surface area contributed by atoms with E-state index in [1.807, 2.05) is 71.2 Å². The maximum absolute atomic E-state index is 5.67. The summed E-state index contributed by atoms with van der Waals surface area (Å²) < 4.78 is 4.96. The predicted molar refractivity (Wildman–Crippen MR) is 525 cm³/mol. The van der Waals surface area contributed by atoms with E-state index in [4.69, 9.17) is 29.9 Å². The first kappa shape index (κ1) is 72.2. The van der Waals surface area contributed by atoms with Gasteiger partial charge in [-0.2, -0.15) is 0 Å². The Bertz CT molecular complexity index is 8400. The molecule has 0 saturated carbocycles. The van der Waals surface area contributed by atoms with Gasteiger partial charge in [0, 0.05) is 91.8 Å². The molecule has 0 amide bonds. The number of thiophene rings is 2. The van der Waals surface area contributed by atoms with Crippen molar-refractivity contribution in [2.75, 3.05) is 0 Å². The number of hydrogen-bond acceptors (Lipinski definition) is 8. The van der Waals surface area contributed by atoms with Gasteiger partial charge < -0.3 is 0 Å². The highest BCUT2D eigenvalue weighted by Crippen LogP contribution is 2.49. The van der Waals surface area contributed by atoms with E-state index >= 15 is 0 Å². The van der Waals surface area contributed by atoms with E-state index in [1.165, 1.54) is 116 Å². The zero-order chi connectivity index (χ0) is 81.7. The Morgan fingerprint density at radius 1 is 0.161 bits per heavy atom. The standard InChI is InChI=1S/C61H37N3S.C55H33N3S/c1-3-15-40(16-4-1)54-37-55(41-17-5-2-6-18-41)63-61(62-54)44-20-13-19-42(35-44)38-29-31-39(32-30-38)45-26-14-27-52-57-51-25-11-12-28-56(51)65-60(57)58(64-59(45)52)43-33-34-50-48-23-8-7-21-46(48)47-22-9-10-24-49(47)53(50)36-43;1-3-13-35(14-4-1)48-33-49(36-15-5-2-6-16-36)58-55(57-48)37-25-23-34(24-26-37)38-27-30-45-50(32-38)56-53(54-52(45)46-21-11-12-22-51(46)59-54)39-28-29-44-42-19-8-7-17-40(42)41-18-9-10-20-43(41)47(44)31-39/h1-37H;1-33H. The lowest BCUT2D eigenvalue weighted by Crippen LogP contribution is -1.96. The number of pyridine rings is 2. The zero-order valence-corrected chi connectivity index (χ0v) is 68.5. The molecule has 25 aromatic rings. The maximum atomic E-state index is 5.67. The van der Waals surface area contributed by atoms with Crippen LogP contribution in [0.2, 0.25) is 0 Å². The summed E-state index contributed by atoms with van der Waals surface area (Å²) in [6.45, 7) is 0. The van der Waals surface area contributed by atoms with Gasteiger partial charge in [-0.05, 0) is 141 Å². The topological polar surface area (TPSA) is 77.3 Å². The van der Waals surface area contributed by atoms with Crippen LogP contribution in [0.15, 0.2) is 425 Å². The fourth-order valence-electron chi connectivity index (χ4n) is 18.6. The third kappa shape index (κ3) is 12.6. The third-order valence-corrected chi connectivity index (χ3v) is 26.9. The summed E-state index contributed by atoms with van der Waals surface area (Å²) in [5.74, 6) is 1.39. The highest BCUT2D eigenvalue weighted by molar-refractivity contribution is 7.27. The lowest BCUT2D eigenvalue weighted by atomic mass is 9.92. The van der Waals surface area contributed by atoms with E-state index in [0.29, 0.717) is 11.6 Å². The van der Waals surface area contributed by atoms with Crippen molar-refractivity contribution in [3.05, 3.63) is 425 Å². The van der Waals surface area contributed by atoms with Crippen molar-refractivity contribution >= 4 is 149 Å². The van der Waals surface area contributed by atoms with Gasteiger partial charge in [0.05, 0.1) is 54.6 Å². The molecule has 6 heterocycles. The lowest BCUT2D eigenvalue weighted by molar-refractivity contribution is 1.18. The number of hydrogen-bond donors (Lipinski definition) is 0. The highest BCUT2D eigenvalue weighted by atomic mass is 32.1. The van der Waals surface area contributed by atoms with Crippen molar-refractivity contribution in [2.45, 2.75) is 0 Å². The van der Waals surface area contributed by atoms with Gasteiger partial charge in [-0.25, -0.2) is 29.9 Å². The van der Waals surface area contributed by atoms with Crippen molar-refractivity contribution < 1.29 is 0 Å². The zero-order valence-electron chi connectivity index (χ0n) is 66.9. The Labute approximate surface area is 722 Å². The summed E-state index contributed by atoms with van der Waals surface area (Å²) >= 11 is 3.67. The lowest BCUT2D eigenvalue weighted by Gasteiger charge is -2.14. The van der Waals surface area contributed by atoms with Gasteiger partial charge in [0.1, 0.15) is 0 Å². The van der Waals surface area contributed by atoms with E-state index in [-0.39, 0.29) is 0 Å². The van der Waals surface area contributed by atoms with Gasteiger partial charge in [-0.15, -0.1) is 22.7 Å². The predicted octanol–water partition coefficient (Wildman–Crippen LogP) is 32.0. The van der Waals surface area contributed by atoms with E-state index in [2.05, 4.69) is 376 Å². The van der Waals surface area contributed by atoms with Gasteiger partial charge in [-0.3, -0.25) is 0 Å². The van der Waals surface area contributed by atoms with Crippen molar-refractivity contribution in [3.63, 3.8) is 0 Å². The molecule has 124 heavy (non-hydrogen) atoms. The SMILES string of the molecule is c1ccc(-c2cc(-c3ccccc3)nc(-c3ccc(-c4ccc5c(c4)nc(-c4ccc6c7ccccc7c7ccccc7c6c4)c4sc6ccccc6c45)cc3)n2)cc1.c1ccc(-c2cc(-c3ccccc3)nc(-c3cccc(-c4ccc(-c5cccc6c5nc(-c5ccc7c8ccccc8c8ccccc8c7c5)c5sc7ccccc7c56)cc4)c3)n2)cc1. The normalized spacial score (nSPS) is 11.7. The number of benzene rings is 19. The molecule has 6 nitrogen and oxygen atoms in total. The fourth-order valence-corrected chi connectivity index (χ4v) is 21.0. The molecule has 0 aliphatic rings. The fraction of sp³-hybridized carbons (Fsp3) is 0. The molecule has 8 heteroatoms. The highest BCUT2D eigenvalue weighted by Gasteiger charge is 2.24.